The van der Waals surface area contributed by atoms with Gasteiger partial charge in [0.15, 0.2) is 0 Å². The van der Waals surface area contributed by atoms with Crippen molar-refractivity contribution in [1.82, 2.24) is 5.32 Å². The molecule has 2 rings (SSSR count). The van der Waals surface area contributed by atoms with E-state index in [1.807, 2.05) is 18.2 Å². The Balaban J connectivity index is 2.02. The van der Waals surface area contributed by atoms with E-state index in [-0.39, 0.29) is 11.9 Å². The summed E-state index contributed by atoms with van der Waals surface area (Å²) in [5.74, 6) is -0.226. The molecular formula is C15H14Br2FN. The van der Waals surface area contributed by atoms with Crippen LogP contribution in [0.25, 0.3) is 0 Å². The van der Waals surface area contributed by atoms with Gasteiger partial charge in [-0.1, -0.05) is 40.2 Å². The van der Waals surface area contributed by atoms with Crippen LogP contribution in [-0.2, 0) is 6.54 Å². The summed E-state index contributed by atoms with van der Waals surface area (Å²) in [5, 5.41) is 3.39. The Morgan fingerprint density at radius 2 is 1.79 bits per heavy atom. The van der Waals surface area contributed by atoms with Crippen LogP contribution < -0.4 is 5.32 Å². The molecule has 0 aliphatic rings. The fraction of sp³-hybridized carbons (Fsp3) is 0.200. The van der Waals surface area contributed by atoms with Crippen molar-refractivity contribution in [2.24, 2.45) is 0 Å². The van der Waals surface area contributed by atoms with Crippen molar-refractivity contribution < 1.29 is 4.39 Å². The van der Waals surface area contributed by atoms with Crippen molar-refractivity contribution in [2.45, 2.75) is 19.5 Å². The molecule has 2 aromatic rings. The lowest BCUT2D eigenvalue weighted by Gasteiger charge is -2.15. The third-order valence-electron chi connectivity index (χ3n) is 3.00. The maximum Gasteiger partial charge on any atom is 0.137 e. The SMILES string of the molecule is C[C@H](NCc1cccc(F)c1Br)c1ccc(Br)cc1. The summed E-state index contributed by atoms with van der Waals surface area (Å²) >= 11 is 6.69. The zero-order valence-electron chi connectivity index (χ0n) is 10.5. The van der Waals surface area contributed by atoms with E-state index in [2.05, 4.69) is 56.2 Å². The van der Waals surface area contributed by atoms with Crippen molar-refractivity contribution in [3.63, 3.8) is 0 Å². The molecule has 0 saturated carbocycles. The van der Waals surface area contributed by atoms with Gasteiger partial charge in [-0.25, -0.2) is 4.39 Å². The maximum atomic E-state index is 13.4. The number of nitrogens with one attached hydrogen (secondary N) is 1. The van der Waals surface area contributed by atoms with E-state index in [0.29, 0.717) is 11.0 Å². The third-order valence-corrected chi connectivity index (χ3v) is 4.42. The van der Waals surface area contributed by atoms with Crippen LogP contribution in [0.15, 0.2) is 51.4 Å². The van der Waals surface area contributed by atoms with E-state index in [9.17, 15) is 4.39 Å². The summed E-state index contributed by atoms with van der Waals surface area (Å²) in [6, 6.07) is 13.5. The van der Waals surface area contributed by atoms with Gasteiger partial charge >= 0.3 is 0 Å². The molecule has 4 heteroatoms. The molecule has 0 aliphatic heterocycles. The van der Waals surface area contributed by atoms with Crippen LogP contribution in [0, 0.1) is 5.82 Å². The van der Waals surface area contributed by atoms with Crippen molar-refractivity contribution in [3.05, 3.63) is 68.4 Å². The molecule has 19 heavy (non-hydrogen) atoms. The molecule has 0 spiro atoms. The van der Waals surface area contributed by atoms with Crippen molar-refractivity contribution >= 4 is 31.9 Å². The maximum absolute atomic E-state index is 13.4. The molecule has 0 aliphatic carbocycles. The normalized spacial score (nSPS) is 12.4. The summed E-state index contributed by atoms with van der Waals surface area (Å²) in [4.78, 5) is 0. The highest BCUT2D eigenvalue weighted by atomic mass is 79.9. The molecule has 0 fully saturated rings. The second kappa shape index (κ2) is 6.64. The van der Waals surface area contributed by atoms with Crippen LogP contribution in [0.1, 0.15) is 24.1 Å². The van der Waals surface area contributed by atoms with Gasteiger partial charge in [0, 0.05) is 17.1 Å². The lowest BCUT2D eigenvalue weighted by molar-refractivity contribution is 0.566. The highest BCUT2D eigenvalue weighted by Crippen LogP contribution is 2.22. The Morgan fingerprint density at radius 3 is 2.47 bits per heavy atom. The molecule has 0 amide bonds. The molecule has 2 aromatic carbocycles. The Morgan fingerprint density at radius 1 is 1.11 bits per heavy atom. The van der Waals surface area contributed by atoms with Crippen LogP contribution in [0.5, 0.6) is 0 Å². The fourth-order valence-electron chi connectivity index (χ4n) is 1.82. The lowest BCUT2D eigenvalue weighted by atomic mass is 10.1. The number of benzene rings is 2. The minimum absolute atomic E-state index is 0.211. The fourth-order valence-corrected chi connectivity index (χ4v) is 2.49. The van der Waals surface area contributed by atoms with E-state index in [4.69, 9.17) is 0 Å². The molecule has 100 valence electrons. The predicted molar refractivity (Wildman–Crippen MR) is 83.5 cm³/mol. The van der Waals surface area contributed by atoms with Crippen LogP contribution in [0.3, 0.4) is 0 Å². The standard InChI is InChI=1S/C15H14Br2FN/c1-10(11-5-7-13(16)8-6-11)19-9-12-3-2-4-14(18)15(12)17/h2-8,10,19H,9H2,1H3/t10-/m0/s1. The molecule has 0 radical (unpaired) electrons. The summed E-state index contributed by atoms with van der Waals surface area (Å²) in [6.07, 6.45) is 0. The number of hydrogen-bond acceptors (Lipinski definition) is 1. The molecule has 0 bridgehead atoms. The largest absolute Gasteiger partial charge is 0.306 e. The minimum Gasteiger partial charge on any atom is -0.306 e. The second-order valence-electron chi connectivity index (χ2n) is 4.37. The zero-order chi connectivity index (χ0) is 13.8. The second-order valence-corrected chi connectivity index (χ2v) is 6.08. The topological polar surface area (TPSA) is 12.0 Å². The zero-order valence-corrected chi connectivity index (χ0v) is 13.6. The number of hydrogen-bond donors (Lipinski definition) is 1. The van der Waals surface area contributed by atoms with Gasteiger partial charge in [-0.05, 0) is 52.2 Å². The first-order valence-electron chi connectivity index (χ1n) is 5.99. The predicted octanol–water partition coefficient (Wildman–Crippen LogP) is 5.20. The van der Waals surface area contributed by atoms with Crippen LogP contribution >= 0.6 is 31.9 Å². The number of rotatable bonds is 4. The monoisotopic (exact) mass is 385 g/mol. The first kappa shape index (κ1) is 14.7. The lowest BCUT2D eigenvalue weighted by Crippen LogP contribution is -2.18. The van der Waals surface area contributed by atoms with Gasteiger partial charge < -0.3 is 5.32 Å². The molecule has 0 unspecified atom stereocenters. The van der Waals surface area contributed by atoms with E-state index >= 15 is 0 Å². The van der Waals surface area contributed by atoms with Gasteiger partial charge in [-0.3, -0.25) is 0 Å². The van der Waals surface area contributed by atoms with E-state index < -0.39 is 0 Å². The Kier molecular flexibility index (Phi) is 5.13. The highest BCUT2D eigenvalue weighted by Gasteiger charge is 2.08. The van der Waals surface area contributed by atoms with E-state index in [0.717, 1.165) is 10.0 Å². The first-order chi connectivity index (χ1) is 9.08. The average molecular weight is 387 g/mol. The smallest absolute Gasteiger partial charge is 0.137 e. The summed E-state index contributed by atoms with van der Waals surface area (Å²) in [7, 11) is 0. The number of halogens is 3. The molecule has 1 nitrogen and oxygen atoms in total. The summed E-state index contributed by atoms with van der Waals surface area (Å²) < 4.78 is 15.0. The molecule has 0 saturated heterocycles. The van der Waals surface area contributed by atoms with E-state index in [1.165, 1.54) is 11.6 Å². The summed E-state index contributed by atoms with van der Waals surface area (Å²) in [6.45, 7) is 2.71. The van der Waals surface area contributed by atoms with Crippen molar-refractivity contribution in [3.8, 4) is 0 Å². The van der Waals surface area contributed by atoms with Crippen LogP contribution in [-0.4, -0.2) is 0 Å². The van der Waals surface area contributed by atoms with Gasteiger partial charge in [-0.2, -0.15) is 0 Å². The van der Waals surface area contributed by atoms with Crippen LogP contribution in [0.4, 0.5) is 4.39 Å². The third kappa shape index (κ3) is 3.88. The molecule has 1 N–H and O–H groups in total. The van der Waals surface area contributed by atoms with Gasteiger partial charge in [0.25, 0.3) is 0 Å². The minimum atomic E-state index is -0.226. The Hall–Kier alpha value is -0.710. The quantitative estimate of drug-likeness (QED) is 0.761. The Bertz CT molecular complexity index is 555. The molecule has 0 aromatic heterocycles. The molecule has 1 atom stereocenters. The van der Waals surface area contributed by atoms with Crippen molar-refractivity contribution in [2.75, 3.05) is 0 Å². The van der Waals surface area contributed by atoms with Gasteiger partial charge in [0.2, 0.25) is 0 Å². The van der Waals surface area contributed by atoms with Crippen molar-refractivity contribution in [1.29, 1.82) is 0 Å². The van der Waals surface area contributed by atoms with Gasteiger partial charge in [-0.15, -0.1) is 0 Å². The molecular weight excluding hydrogens is 373 g/mol. The highest BCUT2D eigenvalue weighted by molar-refractivity contribution is 9.10. The van der Waals surface area contributed by atoms with Crippen LogP contribution in [0.2, 0.25) is 0 Å². The molecule has 0 heterocycles. The average Bonchev–Trinajstić information content (AvgIpc) is 2.41. The van der Waals surface area contributed by atoms with Gasteiger partial charge in [0.05, 0.1) is 4.47 Å². The first-order valence-corrected chi connectivity index (χ1v) is 7.58. The summed E-state index contributed by atoms with van der Waals surface area (Å²) in [5.41, 5.74) is 2.12. The van der Waals surface area contributed by atoms with Gasteiger partial charge in [0.1, 0.15) is 5.82 Å². The Labute approximate surface area is 129 Å². The van der Waals surface area contributed by atoms with E-state index in [1.54, 1.807) is 6.07 Å².